The maximum Gasteiger partial charge on any atom is 0.263 e. The van der Waals surface area contributed by atoms with E-state index in [-0.39, 0.29) is 5.91 Å². The van der Waals surface area contributed by atoms with Crippen LogP contribution in [0.4, 0.5) is 5.69 Å². The summed E-state index contributed by atoms with van der Waals surface area (Å²) in [6, 6.07) is 5.54. The van der Waals surface area contributed by atoms with Crippen molar-refractivity contribution in [3.05, 3.63) is 53.4 Å². The lowest BCUT2D eigenvalue weighted by Crippen LogP contribution is -2.22. The van der Waals surface area contributed by atoms with Crippen LogP contribution in [0.15, 0.2) is 43.0 Å². The first-order valence-corrected chi connectivity index (χ1v) is 6.86. The third-order valence-corrected chi connectivity index (χ3v) is 4.09. The summed E-state index contributed by atoms with van der Waals surface area (Å²) in [5, 5.41) is 3.73. The van der Waals surface area contributed by atoms with Crippen molar-refractivity contribution in [3.63, 3.8) is 0 Å². The monoisotopic (exact) mass is 284 g/mol. The number of hydrogen-bond acceptors (Lipinski definition) is 5. The second kappa shape index (κ2) is 5.26. The lowest BCUT2D eigenvalue weighted by Gasteiger charge is -2.04. The summed E-state index contributed by atoms with van der Waals surface area (Å²) in [6.07, 6.45) is 6.78. The van der Waals surface area contributed by atoms with E-state index in [9.17, 15) is 4.79 Å². The van der Waals surface area contributed by atoms with Gasteiger partial charge in [-0.15, -0.1) is 11.3 Å². The third kappa shape index (κ3) is 2.33. The van der Waals surface area contributed by atoms with Gasteiger partial charge in [0, 0.05) is 36.7 Å². The van der Waals surface area contributed by atoms with E-state index in [1.807, 2.05) is 18.2 Å². The number of nitrogen functional groups attached to an aromatic ring is 1. The largest absolute Gasteiger partial charge is 0.397 e. The van der Waals surface area contributed by atoms with Crippen LogP contribution in [0, 0.1) is 0 Å². The highest BCUT2D eigenvalue weighted by Crippen LogP contribution is 2.32. The molecule has 0 fully saturated rings. The number of fused-ring (bicyclic) bond motifs is 1. The lowest BCUT2D eigenvalue weighted by molar-refractivity contribution is 0.0956. The topological polar surface area (TPSA) is 80.9 Å². The number of amides is 1. The molecule has 5 nitrogen and oxygen atoms in total. The molecule has 0 saturated carbocycles. The van der Waals surface area contributed by atoms with Crippen LogP contribution in [-0.4, -0.2) is 15.9 Å². The molecule has 3 heterocycles. The number of aromatic nitrogens is 2. The van der Waals surface area contributed by atoms with Crippen molar-refractivity contribution >= 4 is 33.0 Å². The number of nitrogens with one attached hydrogen (secondary N) is 1. The van der Waals surface area contributed by atoms with Crippen LogP contribution in [0.3, 0.4) is 0 Å². The van der Waals surface area contributed by atoms with E-state index < -0.39 is 0 Å². The first-order valence-electron chi connectivity index (χ1n) is 6.05. The summed E-state index contributed by atoms with van der Waals surface area (Å²) < 4.78 is 0.916. The molecule has 0 aromatic carbocycles. The fourth-order valence-corrected chi connectivity index (χ4v) is 2.91. The highest BCUT2D eigenvalue weighted by atomic mass is 32.1. The standard InChI is InChI=1S/C14H12N4OS/c15-12-10-3-6-17-8-11(10)20-13(12)14(19)18-7-9-1-4-16-5-2-9/h1-6,8H,7,15H2,(H,18,19). The Balaban J connectivity index is 1.81. The van der Waals surface area contributed by atoms with Gasteiger partial charge in [0.25, 0.3) is 5.91 Å². The number of anilines is 1. The Kier molecular flexibility index (Phi) is 3.30. The van der Waals surface area contributed by atoms with E-state index >= 15 is 0 Å². The van der Waals surface area contributed by atoms with Crippen LogP contribution >= 0.6 is 11.3 Å². The maximum atomic E-state index is 12.2. The molecule has 3 aromatic heterocycles. The Morgan fingerprint density at radius 2 is 1.95 bits per heavy atom. The summed E-state index contributed by atoms with van der Waals surface area (Å²) in [5.41, 5.74) is 7.53. The normalized spacial score (nSPS) is 10.6. The molecule has 0 atom stereocenters. The van der Waals surface area contributed by atoms with Crippen molar-refractivity contribution in [1.29, 1.82) is 0 Å². The van der Waals surface area contributed by atoms with Crippen molar-refractivity contribution in [2.45, 2.75) is 6.54 Å². The number of carbonyl (C=O) groups is 1. The van der Waals surface area contributed by atoms with Gasteiger partial charge in [-0.25, -0.2) is 0 Å². The summed E-state index contributed by atoms with van der Waals surface area (Å²) >= 11 is 1.36. The molecule has 6 heteroatoms. The molecule has 3 N–H and O–H groups in total. The highest BCUT2D eigenvalue weighted by Gasteiger charge is 2.15. The van der Waals surface area contributed by atoms with Crippen molar-refractivity contribution in [3.8, 4) is 0 Å². The molecular weight excluding hydrogens is 272 g/mol. The van der Waals surface area contributed by atoms with Gasteiger partial charge in [-0.05, 0) is 23.8 Å². The molecule has 0 spiro atoms. The predicted molar refractivity (Wildman–Crippen MR) is 79.4 cm³/mol. The summed E-state index contributed by atoms with van der Waals surface area (Å²) in [7, 11) is 0. The summed E-state index contributed by atoms with van der Waals surface area (Å²) in [6.45, 7) is 0.452. The zero-order valence-electron chi connectivity index (χ0n) is 10.5. The SMILES string of the molecule is Nc1c(C(=O)NCc2ccncc2)sc2cnccc12. The molecule has 0 aliphatic rings. The average Bonchev–Trinajstić information content (AvgIpc) is 2.84. The van der Waals surface area contributed by atoms with E-state index in [1.54, 1.807) is 24.8 Å². The lowest BCUT2D eigenvalue weighted by atomic mass is 10.2. The average molecular weight is 284 g/mol. The minimum Gasteiger partial charge on any atom is -0.397 e. The number of nitrogens with zero attached hydrogens (tertiary/aromatic N) is 2. The van der Waals surface area contributed by atoms with Crippen LogP contribution in [-0.2, 0) is 6.54 Å². The number of hydrogen-bond donors (Lipinski definition) is 2. The Labute approximate surface area is 119 Å². The molecule has 0 aliphatic carbocycles. The summed E-state index contributed by atoms with van der Waals surface area (Å²) in [4.78, 5) is 20.7. The van der Waals surface area contributed by atoms with Crippen molar-refractivity contribution in [2.24, 2.45) is 0 Å². The smallest absolute Gasteiger partial charge is 0.263 e. The number of thiophene rings is 1. The van der Waals surface area contributed by atoms with Gasteiger partial charge >= 0.3 is 0 Å². The molecule has 3 rings (SSSR count). The Morgan fingerprint density at radius 1 is 1.20 bits per heavy atom. The molecule has 0 unspecified atom stereocenters. The van der Waals surface area contributed by atoms with Crippen LogP contribution in [0.25, 0.3) is 10.1 Å². The van der Waals surface area contributed by atoms with Gasteiger partial charge in [-0.1, -0.05) is 0 Å². The fourth-order valence-electron chi connectivity index (χ4n) is 1.90. The van der Waals surface area contributed by atoms with E-state index in [1.165, 1.54) is 11.3 Å². The van der Waals surface area contributed by atoms with Crippen LogP contribution < -0.4 is 11.1 Å². The fraction of sp³-hybridized carbons (Fsp3) is 0.0714. The van der Waals surface area contributed by atoms with Crippen LogP contribution in [0.5, 0.6) is 0 Å². The zero-order valence-corrected chi connectivity index (χ0v) is 11.4. The van der Waals surface area contributed by atoms with Gasteiger partial charge in [0.1, 0.15) is 4.88 Å². The van der Waals surface area contributed by atoms with Crippen LogP contribution in [0.2, 0.25) is 0 Å². The van der Waals surface area contributed by atoms with E-state index in [0.717, 1.165) is 15.6 Å². The van der Waals surface area contributed by atoms with E-state index in [2.05, 4.69) is 15.3 Å². The van der Waals surface area contributed by atoms with Crippen molar-refractivity contribution in [2.75, 3.05) is 5.73 Å². The maximum absolute atomic E-state index is 12.2. The third-order valence-electron chi connectivity index (χ3n) is 2.94. The van der Waals surface area contributed by atoms with Gasteiger partial charge in [0.15, 0.2) is 0 Å². The molecule has 100 valence electrons. The number of nitrogens with two attached hydrogens (primary N) is 1. The van der Waals surface area contributed by atoms with Gasteiger partial charge in [-0.2, -0.15) is 0 Å². The summed E-state index contributed by atoms with van der Waals surface area (Å²) in [5.74, 6) is -0.166. The molecule has 20 heavy (non-hydrogen) atoms. The van der Waals surface area contributed by atoms with Gasteiger partial charge in [0.05, 0.1) is 10.4 Å². The Morgan fingerprint density at radius 3 is 2.70 bits per heavy atom. The Bertz CT molecular complexity index is 754. The first kappa shape index (κ1) is 12.6. The first-order chi connectivity index (χ1) is 9.75. The molecule has 0 radical (unpaired) electrons. The molecule has 1 amide bonds. The van der Waals surface area contributed by atoms with E-state index in [0.29, 0.717) is 17.1 Å². The second-order valence-corrected chi connectivity index (χ2v) is 5.31. The Hall–Kier alpha value is -2.47. The number of rotatable bonds is 3. The molecule has 0 aliphatic heterocycles. The zero-order chi connectivity index (χ0) is 13.9. The molecule has 0 saturated heterocycles. The minimum absolute atomic E-state index is 0.166. The highest BCUT2D eigenvalue weighted by molar-refractivity contribution is 7.21. The van der Waals surface area contributed by atoms with Gasteiger partial charge in [-0.3, -0.25) is 14.8 Å². The predicted octanol–water partition coefficient (Wildman–Crippen LogP) is 2.20. The van der Waals surface area contributed by atoms with Gasteiger partial charge in [0.2, 0.25) is 0 Å². The van der Waals surface area contributed by atoms with Gasteiger partial charge < -0.3 is 11.1 Å². The molecule has 0 bridgehead atoms. The van der Waals surface area contributed by atoms with Crippen LogP contribution in [0.1, 0.15) is 15.2 Å². The van der Waals surface area contributed by atoms with Crippen molar-refractivity contribution < 1.29 is 4.79 Å². The quantitative estimate of drug-likeness (QED) is 0.772. The minimum atomic E-state index is -0.166. The molecular formula is C14H12N4OS. The number of carbonyl (C=O) groups excluding carboxylic acids is 1. The van der Waals surface area contributed by atoms with E-state index in [4.69, 9.17) is 5.73 Å². The second-order valence-electron chi connectivity index (χ2n) is 4.25. The van der Waals surface area contributed by atoms with Crippen molar-refractivity contribution in [1.82, 2.24) is 15.3 Å². The number of pyridine rings is 2. The molecule has 3 aromatic rings.